The summed E-state index contributed by atoms with van der Waals surface area (Å²) in [7, 11) is 4.35. The molecule has 0 N–H and O–H groups in total. The Morgan fingerprint density at radius 2 is 0.846 bits per heavy atom. The van der Waals surface area contributed by atoms with Crippen LogP contribution in [0.3, 0.4) is 0 Å². The minimum Gasteiger partial charge on any atom is -0.344 e. The number of hydrogen-bond acceptors (Lipinski definition) is 6. The lowest BCUT2D eigenvalue weighted by molar-refractivity contribution is 1.02. The van der Waals surface area contributed by atoms with Gasteiger partial charge >= 0.3 is 0 Å². The Bertz CT molecular complexity index is 3790. The topological polar surface area (TPSA) is 61.4 Å². The third kappa shape index (κ3) is 3.26. The molecule has 0 bridgehead atoms. The van der Waals surface area contributed by atoms with E-state index in [2.05, 4.69) is 137 Å². The number of rotatable bonds is 0. The van der Waals surface area contributed by atoms with E-state index in [1.165, 1.54) is 132 Å². The van der Waals surface area contributed by atoms with Crippen LogP contribution in [0.4, 0.5) is 0 Å². The second-order valence-electron chi connectivity index (χ2n) is 14.2. The van der Waals surface area contributed by atoms with Gasteiger partial charge in [-0.1, -0.05) is 60.7 Å². The monoisotopic (exact) mass is 700 g/mol. The van der Waals surface area contributed by atoms with Crippen molar-refractivity contribution in [3.63, 3.8) is 0 Å². The molecule has 0 saturated heterocycles. The fraction of sp³-hybridized carbons (Fsp3) is 0.0455. The van der Waals surface area contributed by atoms with E-state index < -0.39 is 0 Å². The molecule has 6 nitrogen and oxygen atoms in total. The molecule has 52 heavy (non-hydrogen) atoms. The van der Waals surface area contributed by atoms with Gasteiger partial charge in [0.2, 0.25) is 0 Å². The van der Waals surface area contributed by atoms with Crippen LogP contribution in [0.5, 0.6) is 0 Å². The lowest BCUT2D eigenvalue weighted by Crippen LogP contribution is -1.90. The van der Waals surface area contributed by atoms with Gasteiger partial charge < -0.3 is 9.13 Å². The fourth-order valence-electron chi connectivity index (χ4n) is 9.36. The van der Waals surface area contributed by atoms with Gasteiger partial charge in [-0.2, -0.15) is 17.5 Å². The van der Waals surface area contributed by atoms with Gasteiger partial charge in [-0.05, 0) is 97.0 Å². The summed E-state index contributed by atoms with van der Waals surface area (Å²) < 4.78 is 23.9. The molecule has 13 rings (SSSR count). The molecule has 0 saturated carbocycles. The number of aromatic nitrogens is 6. The van der Waals surface area contributed by atoms with E-state index in [-0.39, 0.29) is 0 Å². The van der Waals surface area contributed by atoms with Crippen LogP contribution in [0.1, 0.15) is 0 Å². The SMILES string of the molecule is Cn1c2ccccc2c2cc3ccc4c5ccc6cc7c8cc9ccc%10ccc%11nsnc%11c%10c9cc8n(C)c7cc6c5c5nsnc5c4c3cc21. The summed E-state index contributed by atoms with van der Waals surface area (Å²) in [5.74, 6) is 0. The van der Waals surface area contributed by atoms with Gasteiger partial charge in [0.15, 0.2) is 0 Å². The molecule has 0 radical (unpaired) electrons. The molecular weight excluding hydrogens is 677 g/mol. The fourth-order valence-corrected chi connectivity index (χ4v) is 10.5. The molecule has 242 valence electrons. The summed E-state index contributed by atoms with van der Waals surface area (Å²) in [5, 5.41) is 19.4. The second-order valence-corrected chi connectivity index (χ2v) is 15.3. The van der Waals surface area contributed by atoms with Crippen molar-refractivity contribution in [2.45, 2.75) is 0 Å². The zero-order valence-corrected chi connectivity index (χ0v) is 29.5. The van der Waals surface area contributed by atoms with Gasteiger partial charge in [-0.3, -0.25) is 0 Å². The molecule has 0 aliphatic heterocycles. The second kappa shape index (κ2) is 9.36. The molecule has 4 heterocycles. The highest BCUT2D eigenvalue weighted by Crippen LogP contribution is 2.45. The van der Waals surface area contributed by atoms with Gasteiger partial charge in [0.05, 0.1) is 23.5 Å². The van der Waals surface area contributed by atoms with E-state index in [9.17, 15) is 0 Å². The summed E-state index contributed by atoms with van der Waals surface area (Å²) in [6.07, 6.45) is 0. The first-order valence-corrected chi connectivity index (χ1v) is 18.8. The lowest BCUT2D eigenvalue weighted by atomic mass is 9.91. The number of hydrogen-bond donors (Lipinski definition) is 0. The maximum Gasteiger partial charge on any atom is 0.113 e. The average molecular weight is 701 g/mol. The van der Waals surface area contributed by atoms with Crippen LogP contribution < -0.4 is 0 Å². The Hall–Kier alpha value is -6.22. The normalized spacial score (nSPS) is 12.8. The third-order valence-corrected chi connectivity index (χ3v) is 12.9. The van der Waals surface area contributed by atoms with Crippen molar-refractivity contribution in [1.29, 1.82) is 0 Å². The Balaban J connectivity index is 1.13. The summed E-state index contributed by atoms with van der Waals surface area (Å²) >= 11 is 2.58. The minimum absolute atomic E-state index is 0.949. The van der Waals surface area contributed by atoms with Gasteiger partial charge in [0.1, 0.15) is 22.1 Å². The molecule has 0 spiro atoms. The third-order valence-electron chi connectivity index (χ3n) is 11.8. The Labute approximate surface area is 302 Å². The molecular formula is C44H24N6S2. The van der Waals surface area contributed by atoms with Crippen molar-refractivity contribution in [3.8, 4) is 0 Å². The standard InChI is InChI=1S/C44H24N6S2/c1-49-35-6-4-3-5-25(35)31-15-23-9-12-26-27-13-10-24-17-33-32-16-22-8-7-21-11-14-34-42(46-51-45-34)39(21)28(22)18-37(32)50(2)38(33)20-30(24)41(27)44-43(47-52-48-44)40(26)29(23)19-36(31)49/h3-20H,1-2H3. The van der Waals surface area contributed by atoms with Crippen LogP contribution in [-0.2, 0) is 14.1 Å². The van der Waals surface area contributed by atoms with Crippen LogP contribution in [0.25, 0.3) is 130 Å². The zero-order chi connectivity index (χ0) is 34.0. The first-order chi connectivity index (χ1) is 25.6. The molecule has 13 aromatic rings. The largest absolute Gasteiger partial charge is 0.344 e. The highest BCUT2D eigenvalue weighted by molar-refractivity contribution is 7.00. The average Bonchev–Trinajstić information content (AvgIpc) is 3.98. The highest BCUT2D eigenvalue weighted by atomic mass is 32.1. The minimum atomic E-state index is 0.949. The first kappa shape index (κ1) is 27.5. The van der Waals surface area contributed by atoms with Crippen molar-refractivity contribution in [2.75, 3.05) is 0 Å². The molecule has 0 atom stereocenters. The maximum atomic E-state index is 5.01. The van der Waals surface area contributed by atoms with Gasteiger partial charge in [0, 0.05) is 73.9 Å². The number of fused-ring (bicyclic) bond motifs is 21. The Morgan fingerprint density at radius 3 is 1.50 bits per heavy atom. The van der Waals surface area contributed by atoms with Crippen molar-refractivity contribution in [2.24, 2.45) is 14.1 Å². The number of benzene rings is 9. The Kier molecular flexibility index (Phi) is 4.95. The summed E-state index contributed by atoms with van der Waals surface area (Å²) in [4.78, 5) is 0. The van der Waals surface area contributed by atoms with Crippen molar-refractivity contribution in [1.82, 2.24) is 26.6 Å². The summed E-state index contributed by atoms with van der Waals surface area (Å²) in [6.45, 7) is 0. The predicted octanol–water partition coefficient (Wildman–Crippen LogP) is 11.9. The van der Waals surface area contributed by atoms with Crippen LogP contribution in [0, 0.1) is 0 Å². The van der Waals surface area contributed by atoms with Gasteiger partial charge in [-0.15, -0.1) is 0 Å². The van der Waals surface area contributed by atoms with Crippen LogP contribution in [-0.4, -0.2) is 26.6 Å². The molecule has 0 aliphatic carbocycles. The zero-order valence-electron chi connectivity index (χ0n) is 27.9. The molecule has 9 aromatic carbocycles. The van der Waals surface area contributed by atoms with Gasteiger partial charge in [0.25, 0.3) is 0 Å². The van der Waals surface area contributed by atoms with E-state index in [1.807, 2.05) is 0 Å². The summed E-state index contributed by atoms with van der Waals surface area (Å²) in [6, 6.07) is 40.7. The highest BCUT2D eigenvalue weighted by Gasteiger charge is 2.20. The van der Waals surface area contributed by atoms with Crippen LogP contribution >= 0.6 is 23.5 Å². The van der Waals surface area contributed by atoms with Crippen LogP contribution in [0.15, 0.2) is 109 Å². The quantitative estimate of drug-likeness (QED) is 0.148. The number of nitrogens with zero attached hydrogens (tertiary/aromatic N) is 6. The van der Waals surface area contributed by atoms with Crippen LogP contribution in [0.2, 0.25) is 0 Å². The maximum absolute atomic E-state index is 5.01. The van der Waals surface area contributed by atoms with Crippen molar-refractivity contribution >= 4 is 154 Å². The molecule has 0 amide bonds. The van der Waals surface area contributed by atoms with E-state index in [1.54, 1.807) is 0 Å². The van der Waals surface area contributed by atoms with Crippen molar-refractivity contribution in [3.05, 3.63) is 109 Å². The van der Waals surface area contributed by atoms with E-state index >= 15 is 0 Å². The molecule has 0 aliphatic rings. The van der Waals surface area contributed by atoms with E-state index in [4.69, 9.17) is 13.1 Å². The summed E-state index contributed by atoms with van der Waals surface area (Å²) in [5.41, 5.74) is 8.74. The first-order valence-electron chi connectivity index (χ1n) is 17.3. The molecule has 0 fully saturated rings. The number of para-hydroxylation sites is 1. The molecule has 8 heteroatoms. The molecule has 4 aromatic heterocycles. The number of aryl methyl sites for hydroxylation is 2. The molecule has 0 unspecified atom stereocenters. The lowest BCUT2D eigenvalue weighted by Gasteiger charge is -2.12. The van der Waals surface area contributed by atoms with E-state index in [0.717, 1.165) is 22.1 Å². The van der Waals surface area contributed by atoms with E-state index in [0.29, 0.717) is 0 Å². The van der Waals surface area contributed by atoms with Crippen molar-refractivity contribution < 1.29 is 0 Å². The Morgan fingerprint density at radius 1 is 0.365 bits per heavy atom. The predicted molar refractivity (Wildman–Crippen MR) is 221 cm³/mol. The van der Waals surface area contributed by atoms with Gasteiger partial charge in [-0.25, -0.2) is 0 Å². The smallest absolute Gasteiger partial charge is 0.113 e.